The molecule has 1 aliphatic heterocycles. The Bertz CT molecular complexity index is 756. The Balaban J connectivity index is 2.08. The molecule has 1 atom stereocenters. The Labute approximate surface area is 150 Å². The quantitative estimate of drug-likeness (QED) is 0.890. The maximum Gasteiger partial charge on any atom is 0.203 e. The molecule has 1 saturated heterocycles. The molecule has 0 spiro atoms. The summed E-state index contributed by atoms with van der Waals surface area (Å²) in [6.07, 6.45) is 0.873. The minimum absolute atomic E-state index is 0.219. The fourth-order valence-corrected chi connectivity index (χ4v) is 4.00. The Morgan fingerprint density at radius 1 is 0.920 bits per heavy atom. The highest BCUT2D eigenvalue weighted by atomic mass is 15.4. The third kappa shape index (κ3) is 3.02. The number of para-hydroxylation sites is 2. The van der Waals surface area contributed by atoms with Crippen LogP contribution in [0.1, 0.15) is 28.7 Å². The molecule has 2 aromatic carbocycles. The Hall–Kier alpha value is -2.33. The third-order valence-corrected chi connectivity index (χ3v) is 5.13. The molecule has 25 heavy (non-hydrogen) atoms. The van der Waals surface area contributed by atoms with E-state index in [1.807, 2.05) is 0 Å². The van der Waals surface area contributed by atoms with Gasteiger partial charge in [0.1, 0.15) is 0 Å². The number of benzene rings is 2. The van der Waals surface area contributed by atoms with E-state index in [-0.39, 0.29) is 6.04 Å². The van der Waals surface area contributed by atoms with Gasteiger partial charge in [0.25, 0.3) is 0 Å². The molecule has 1 fully saturated rings. The molecular weight excluding hydrogens is 308 g/mol. The van der Waals surface area contributed by atoms with E-state index < -0.39 is 0 Å². The van der Waals surface area contributed by atoms with E-state index in [0.717, 1.165) is 24.3 Å². The monoisotopic (exact) mass is 336 g/mol. The van der Waals surface area contributed by atoms with Crippen molar-refractivity contribution in [2.45, 2.75) is 40.2 Å². The van der Waals surface area contributed by atoms with Crippen LogP contribution >= 0.6 is 0 Å². The highest BCUT2D eigenvalue weighted by Crippen LogP contribution is 2.36. The van der Waals surface area contributed by atoms with Crippen molar-refractivity contribution in [2.75, 3.05) is 22.9 Å². The number of hydrogen-bond donors (Lipinski definition) is 2. The second-order valence-corrected chi connectivity index (χ2v) is 7.02. The predicted molar refractivity (Wildman–Crippen MR) is 107 cm³/mol. The average molecular weight is 336 g/mol. The van der Waals surface area contributed by atoms with Crippen molar-refractivity contribution in [1.82, 2.24) is 0 Å². The fourth-order valence-electron chi connectivity index (χ4n) is 4.00. The summed E-state index contributed by atoms with van der Waals surface area (Å²) in [5, 5.41) is 8.94. The Kier molecular flexibility index (Phi) is 4.82. The standard InChI is InChI=1S/C21H28N4/c1-14-7-5-8-15(2)19(14)24-13-18(11-12-22)25(21(24)23)20-16(3)9-6-10-17(20)4/h5-10,18,23H,11-13,22H2,1-4H3. The number of rotatable bonds is 4. The van der Waals surface area contributed by atoms with Gasteiger partial charge in [0.05, 0.1) is 6.04 Å². The van der Waals surface area contributed by atoms with Crippen LogP contribution in [0.4, 0.5) is 11.4 Å². The summed E-state index contributed by atoms with van der Waals surface area (Å²) in [5.41, 5.74) is 13.0. The first-order valence-corrected chi connectivity index (χ1v) is 8.93. The minimum Gasteiger partial charge on any atom is -0.330 e. The molecule has 1 aliphatic rings. The number of hydrogen-bond acceptors (Lipinski definition) is 2. The van der Waals surface area contributed by atoms with E-state index in [9.17, 15) is 0 Å². The topological polar surface area (TPSA) is 56.4 Å². The maximum atomic E-state index is 8.94. The van der Waals surface area contributed by atoms with Gasteiger partial charge in [-0.3, -0.25) is 5.41 Å². The summed E-state index contributed by atoms with van der Waals surface area (Å²) >= 11 is 0. The molecule has 0 aliphatic carbocycles. The van der Waals surface area contributed by atoms with E-state index in [2.05, 4.69) is 73.9 Å². The minimum atomic E-state index is 0.219. The third-order valence-electron chi connectivity index (χ3n) is 5.13. The van der Waals surface area contributed by atoms with Crippen LogP contribution in [0.5, 0.6) is 0 Å². The summed E-state index contributed by atoms with van der Waals surface area (Å²) in [4.78, 5) is 4.33. The maximum absolute atomic E-state index is 8.94. The van der Waals surface area contributed by atoms with Gasteiger partial charge in [0, 0.05) is 17.9 Å². The van der Waals surface area contributed by atoms with Crippen molar-refractivity contribution >= 4 is 17.3 Å². The summed E-state index contributed by atoms with van der Waals surface area (Å²) in [6, 6.07) is 12.9. The zero-order chi connectivity index (χ0) is 18.1. The molecule has 4 nitrogen and oxygen atoms in total. The summed E-state index contributed by atoms with van der Waals surface area (Å²) in [5.74, 6) is 0.549. The van der Waals surface area contributed by atoms with Crippen LogP contribution in [0.15, 0.2) is 36.4 Å². The van der Waals surface area contributed by atoms with Crippen LogP contribution in [0.25, 0.3) is 0 Å². The zero-order valence-corrected chi connectivity index (χ0v) is 15.6. The van der Waals surface area contributed by atoms with Crippen molar-refractivity contribution in [3.8, 4) is 0 Å². The van der Waals surface area contributed by atoms with Crippen molar-refractivity contribution < 1.29 is 0 Å². The normalized spacial score (nSPS) is 17.5. The SMILES string of the molecule is Cc1cccc(C)c1N1CC(CCN)N(c2c(C)cccc2C)C1=N. The molecule has 0 bridgehead atoms. The number of nitrogens with zero attached hydrogens (tertiary/aromatic N) is 2. The number of guanidine groups is 1. The van der Waals surface area contributed by atoms with E-state index in [0.29, 0.717) is 12.5 Å². The van der Waals surface area contributed by atoms with Gasteiger partial charge in [-0.1, -0.05) is 36.4 Å². The lowest BCUT2D eigenvalue weighted by atomic mass is 10.1. The first-order valence-electron chi connectivity index (χ1n) is 8.93. The molecule has 3 N–H and O–H groups in total. The van der Waals surface area contributed by atoms with Crippen LogP contribution in [0.2, 0.25) is 0 Å². The molecule has 0 saturated carbocycles. The second kappa shape index (κ2) is 6.89. The van der Waals surface area contributed by atoms with Gasteiger partial charge in [0.15, 0.2) is 0 Å². The number of anilines is 2. The largest absolute Gasteiger partial charge is 0.330 e. The highest BCUT2D eigenvalue weighted by molar-refractivity contribution is 6.09. The first-order chi connectivity index (χ1) is 12.0. The van der Waals surface area contributed by atoms with Crippen molar-refractivity contribution in [2.24, 2.45) is 5.73 Å². The summed E-state index contributed by atoms with van der Waals surface area (Å²) < 4.78 is 0. The van der Waals surface area contributed by atoms with E-state index >= 15 is 0 Å². The van der Waals surface area contributed by atoms with Gasteiger partial charge in [0.2, 0.25) is 5.96 Å². The van der Waals surface area contributed by atoms with Crippen LogP contribution < -0.4 is 15.5 Å². The lowest BCUT2D eigenvalue weighted by molar-refractivity contribution is 0.657. The van der Waals surface area contributed by atoms with E-state index in [1.54, 1.807) is 0 Å². The predicted octanol–water partition coefficient (Wildman–Crippen LogP) is 3.90. The van der Waals surface area contributed by atoms with E-state index in [4.69, 9.17) is 11.1 Å². The molecule has 0 amide bonds. The lowest BCUT2D eigenvalue weighted by Gasteiger charge is -2.29. The number of aryl methyl sites for hydroxylation is 4. The summed E-state index contributed by atoms with van der Waals surface area (Å²) in [6.45, 7) is 9.91. The molecule has 132 valence electrons. The van der Waals surface area contributed by atoms with Gasteiger partial charge in [-0.15, -0.1) is 0 Å². The smallest absolute Gasteiger partial charge is 0.203 e. The lowest BCUT2D eigenvalue weighted by Crippen LogP contribution is -2.37. The molecule has 0 aromatic heterocycles. The highest BCUT2D eigenvalue weighted by Gasteiger charge is 2.37. The van der Waals surface area contributed by atoms with Crippen LogP contribution in [-0.2, 0) is 0 Å². The van der Waals surface area contributed by atoms with E-state index in [1.165, 1.54) is 22.3 Å². The molecule has 0 radical (unpaired) electrons. The number of nitrogens with two attached hydrogens (primary N) is 1. The fraction of sp³-hybridized carbons (Fsp3) is 0.381. The van der Waals surface area contributed by atoms with Gasteiger partial charge >= 0.3 is 0 Å². The van der Waals surface area contributed by atoms with Crippen molar-refractivity contribution in [1.29, 1.82) is 5.41 Å². The second-order valence-electron chi connectivity index (χ2n) is 7.02. The Morgan fingerprint density at radius 2 is 1.40 bits per heavy atom. The van der Waals surface area contributed by atoms with Gasteiger partial charge < -0.3 is 15.5 Å². The zero-order valence-electron chi connectivity index (χ0n) is 15.6. The Morgan fingerprint density at radius 3 is 1.88 bits per heavy atom. The van der Waals surface area contributed by atoms with Gasteiger partial charge in [-0.25, -0.2) is 0 Å². The summed E-state index contributed by atoms with van der Waals surface area (Å²) in [7, 11) is 0. The van der Waals surface area contributed by atoms with Crippen LogP contribution in [0.3, 0.4) is 0 Å². The van der Waals surface area contributed by atoms with Crippen molar-refractivity contribution in [3.05, 3.63) is 58.7 Å². The number of nitrogens with one attached hydrogen (secondary N) is 1. The molecule has 1 unspecified atom stereocenters. The van der Waals surface area contributed by atoms with Gasteiger partial charge in [-0.2, -0.15) is 0 Å². The molecule has 4 heteroatoms. The van der Waals surface area contributed by atoms with Gasteiger partial charge in [-0.05, 0) is 62.9 Å². The molecule has 1 heterocycles. The molecule has 2 aromatic rings. The molecule has 3 rings (SSSR count). The molecular formula is C21H28N4. The average Bonchev–Trinajstić information content (AvgIpc) is 2.85. The van der Waals surface area contributed by atoms with Crippen molar-refractivity contribution in [3.63, 3.8) is 0 Å². The van der Waals surface area contributed by atoms with Crippen LogP contribution in [-0.4, -0.2) is 25.1 Å². The first kappa shape index (κ1) is 17.5. The van der Waals surface area contributed by atoms with Crippen LogP contribution in [0, 0.1) is 33.1 Å².